The topological polar surface area (TPSA) is 0 Å². The van der Waals surface area contributed by atoms with Gasteiger partial charge in [0.15, 0.2) is 0 Å². The summed E-state index contributed by atoms with van der Waals surface area (Å²) in [5.41, 5.74) is 0. The standard InChI is InChI=1S/C7H11I/c8-7-5-3-1-2-4-6(5)7/h5-7H,1-4H2/t5-,6-/m0/s1. The molecule has 2 atom stereocenters. The summed E-state index contributed by atoms with van der Waals surface area (Å²) in [5.74, 6) is 2.31. The monoisotopic (exact) mass is 222 g/mol. The zero-order valence-electron chi connectivity index (χ0n) is 4.94. The summed E-state index contributed by atoms with van der Waals surface area (Å²) < 4.78 is 1.08. The van der Waals surface area contributed by atoms with Gasteiger partial charge in [0.25, 0.3) is 0 Å². The van der Waals surface area contributed by atoms with Crippen LogP contribution in [0, 0.1) is 11.8 Å². The van der Waals surface area contributed by atoms with Crippen molar-refractivity contribution >= 4 is 22.6 Å². The first-order valence-electron chi connectivity index (χ1n) is 3.53. The van der Waals surface area contributed by atoms with E-state index in [1.807, 2.05) is 0 Å². The quantitative estimate of drug-likeness (QED) is 0.436. The number of hydrogen-bond donors (Lipinski definition) is 0. The maximum absolute atomic E-state index is 2.62. The molecule has 8 heavy (non-hydrogen) atoms. The van der Waals surface area contributed by atoms with Crippen molar-refractivity contribution in [3.8, 4) is 0 Å². The SMILES string of the molecule is IC1[C@H]2CCCC[C@H]12. The molecule has 0 spiro atoms. The van der Waals surface area contributed by atoms with E-state index < -0.39 is 0 Å². The van der Waals surface area contributed by atoms with E-state index in [-0.39, 0.29) is 0 Å². The Balaban J connectivity index is 1.97. The van der Waals surface area contributed by atoms with Gasteiger partial charge in [-0.05, 0) is 24.7 Å². The lowest BCUT2D eigenvalue weighted by atomic mass is 10.0. The lowest BCUT2D eigenvalue weighted by molar-refractivity contribution is 0.480. The summed E-state index contributed by atoms with van der Waals surface area (Å²) >= 11 is 2.62. The summed E-state index contributed by atoms with van der Waals surface area (Å²) in [6.07, 6.45) is 6.11. The normalized spacial score (nSPS) is 52.9. The predicted octanol–water partition coefficient (Wildman–Crippen LogP) is 2.61. The summed E-state index contributed by atoms with van der Waals surface area (Å²) in [6.45, 7) is 0. The Morgan fingerprint density at radius 2 is 1.50 bits per heavy atom. The van der Waals surface area contributed by atoms with Gasteiger partial charge in [-0.3, -0.25) is 0 Å². The minimum absolute atomic E-state index is 1.08. The van der Waals surface area contributed by atoms with Crippen LogP contribution in [0.3, 0.4) is 0 Å². The Bertz CT molecular complexity index is 88.6. The van der Waals surface area contributed by atoms with Gasteiger partial charge in [-0.1, -0.05) is 35.4 Å². The van der Waals surface area contributed by atoms with E-state index in [0.717, 1.165) is 15.8 Å². The number of hydrogen-bond acceptors (Lipinski definition) is 0. The molecule has 0 nitrogen and oxygen atoms in total. The zero-order chi connectivity index (χ0) is 5.56. The van der Waals surface area contributed by atoms with Gasteiger partial charge in [0, 0.05) is 3.92 Å². The van der Waals surface area contributed by atoms with Crippen LogP contribution in [-0.2, 0) is 0 Å². The Hall–Kier alpha value is 0.730. The molecule has 0 saturated heterocycles. The van der Waals surface area contributed by atoms with Crippen LogP contribution >= 0.6 is 22.6 Å². The van der Waals surface area contributed by atoms with E-state index in [1.54, 1.807) is 0 Å². The first-order valence-corrected chi connectivity index (χ1v) is 4.78. The maximum atomic E-state index is 2.62. The number of fused-ring (bicyclic) bond motifs is 1. The fraction of sp³-hybridized carbons (Fsp3) is 1.00. The molecule has 2 saturated carbocycles. The van der Waals surface area contributed by atoms with Crippen LogP contribution in [0.15, 0.2) is 0 Å². The van der Waals surface area contributed by atoms with Crippen LogP contribution in [0.4, 0.5) is 0 Å². The largest absolute Gasteiger partial charge is 0.0820 e. The van der Waals surface area contributed by atoms with E-state index in [2.05, 4.69) is 22.6 Å². The first-order chi connectivity index (χ1) is 3.89. The van der Waals surface area contributed by atoms with Gasteiger partial charge in [-0.15, -0.1) is 0 Å². The second-order valence-corrected chi connectivity index (χ2v) is 4.49. The molecule has 0 amide bonds. The van der Waals surface area contributed by atoms with Crippen molar-refractivity contribution in [3.63, 3.8) is 0 Å². The lowest BCUT2D eigenvalue weighted by Gasteiger charge is -2.04. The molecule has 2 aliphatic carbocycles. The Labute approximate surface area is 64.2 Å². The Morgan fingerprint density at radius 1 is 1.00 bits per heavy atom. The molecule has 0 aromatic rings. The molecule has 46 valence electrons. The van der Waals surface area contributed by atoms with E-state index in [9.17, 15) is 0 Å². The highest BCUT2D eigenvalue weighted by atomic mass is 127. The zero-order valence-corrected chi connectivity index (χ0v) is 7.10. The molecule has 2 fully saturated rings. The van der Waals surface area contributed by atoms with E-state index in [4.69, 9.17) is 0 Å². The van der Waals surface area contributed by atoms with Gasteiger partial charge in [0.2, 0.25) is 0 Å². The third-order valence-electron chi connectivity index (χ3n) is 2.55. The molecule has 2 rings (SSSR count). The summed E-state index contributed by atoms with van der Waals surface area (Å²) in [6, 6.07) is 0. The van der Waals surface area contributed by atoms with Crippen molar-refractivity contribution in [2.75, 3.05) is 0 Å². The van der Waals surface area contributed by atoms with E-state index in [1.165, 1.54) is 25.7 Å². The van der Waals surface area contributed by atoms with Crippen molar-refractivity contribution < 1.29 is 0 Å². The molecule has 0 radical (unpaired) electrons. The second kappa shape index (κ2) is 1.86. The number of rotatable bonds is 0. The summed E-state index contributed by atoms with van der Waals surface area (Å²) in [4.78, 5) is 0. The van der Waals surface area contributed by atoms with Gasteiger partial charge in [-0.2, -0.15) is 0 Å². The van der Waals surface area contributed by atoms with Gasteiger partial charge >= 0.3 is 0 Å². The fourth-order valence-electron chi connectivity index (χ4n) is 1.90. The number of alkyl halides is 1. The number of halogens is 1. The molecule has 0 aromatic carbocycles. The van der Waals surface area contributed by atoms with Crippen molar-refractivity contribution in [2.45, 2.75) is 29.6 Å². The summed E-state index contributed by atoms with van der Waals surface area (Å²) in [7, 11) is 0. The van der Waals surface area contributed by atoms with Crippen LogP contribution in [0.2, 0.25) is 0 Å². The molecule has 0 N–H and O–H groups in total. The third kappa shape index (κ3) is 0.703. The molecule has 0 aliphatic heterocycles. The van der Waals surface area contributed by atoms with Crippen LogP contribution in [0.5, 0.6) is 0 Å². The highest BCUT2D eigenvalue weighted by Gasteiger charge is 2.48. The fourth-order valence-corrected chi connectivity index (χ4v) is 3.45. The van der Waals surface area contributed by atoms with Crippen LogP contribution in [0.1, 0.15) is 25.7 Å². The van der Waals surface area contributed by atoms with Crippen LogP contribution in [0.25, 0.3) is 0 Å². The molecule has 0 unspecified atom stereocenters. The van der Waals surface area contributed by atoms with Gasteiger partial charge in [-0.25, -0.2) is 0 Å². The second-order valence-electron chi connectivity index (χ2n) is 3.06. The van der Waals surface area contributed by atoms with Crippen molar-refractivity contribution in [2.24, 2.45) is 11.8 Å². The molecule has 1 heteroatoms. The molecular formula is C7H11I. The minimum atomic E-state index is 1.08. The van der Waals surface area contributed by atoms with Crippen molar-refractivity contribution in [1.82, 2.24) is 0 Å². The van der Waals surface area contributed by atoms with Gasteiger partial charge in [0.05, 0.1) is 0 Å². The third-order valence-corrected chi connectivity index (χ3v) is 4.40. The maximum Gasteiger partial charge on any atom is 0.0172 e. The molecular weight excluding hydrogens is 211 g/mol. The molecule has 0 aromatic heterocycles. The van der Waals surface area contributed by atoms with Crippen LogP contribution in [-0.4, -0.2) is 3.92 Å². The molecule has 2 aliphatic rings. The highest BCUT2D eigenvalue weighted by Crippen LogP contribution is 2.54. The smallest absolute Gasteiger partial charge is 0.0172 e. The Kier molecular flexibility index (Phi) is 1.28. The Morgan fingerprint density at radius 3 is 1.88 bits per heavy atom. The highest BCUT2D eigenvalue weighted by molar-refractivity contribution is 14.1. The first kappa shape index (κ1) is 5.51. The van der Waals surface area contributed by atoms with E-state index in [0.29, 0.717) is 0 Å². The average molecular weight is 222 g/mol. The van der Waals surface area contributed by atoms with Crippen LogP contribution < -0.4 is 0 Å². The van der Waals surface area contributed by atoms with Gasteiger partial charge in [0.1, 0.15) is 0 Å². The van der Waals surface area contributed by atoms with E-state index >= 15 is 0 Å². The van der Waals surface area contributed by atoms with Crippen molar-refractivity contribution in [1.29, 1.82) is 0 Å². The minimum Gasteiger partial charge on any atom is -0.0820 e. The predicted molar refractivity (Wildman–Crippen MR) is 43.3 cm³/mol. The molecule has 0 heterocycles. The molecule has 0 bridgehead atoms. The summed E-state index contributed by atoms with van der Waals surface area (Å²) in [5, 5.41) is 0. The van der Waals surface area contributed by atoms with Crippen molar-refractivity contribution in [3.05, 3.63) is 0 Å². The average Bonchev–Trinajstić information content (AvgIpc) is 2.46. The van der Waals surface area contributed by atoms with Gasteiger partial charge < -0.3 is 0 Å². The lowest BCUT2D eigenvalue weighted by Crippen LogP contribution is -1.91.